The maximum absolute atomic E-state index is 11.7. The van der Waals surface area contributed by atoms with E-state index in [2.05, 4.69) is 0 Å². The highest BCUT2D eigenvalue weighted by Gasteiger charge is 2.53. The summed E-state index contributed by atoms with van der Waals surface area (Å²) in [5.41, 5.74) is 0.511. The zero-order valence-corrected chi connectivity index (χ0v) is 9.91. The molecule has 5 heteroatoms. The quantitative estimate of drug-likeness (QED) is 0.320. The third kappa shape index (κ3) is 2.08. The highest BCUT2D eigenvalue weighted by atomic mass is 16.6. The third-order valence-electron chi connectivity index (χ3n) is 3.20. The smallest absolute Gasteiger partial charge is 0.385 e. The van der Waals surface area contributed by atoms with Crippen LogP contribution in [0.25, 0.3) is 0 Å². The lowest BCUT2D eigenvalue weighted by Crippen LogP contribution is -2.49. The minimum absolute atomic E-state index is 0.171. The van der Waals surface area contributed by atoms with Crippen molar-refractivity contribution in [1.82, 2.24) is 0 Å². The Kier molecular flexibility index (Phi) is 3.67. The van der Waals surface area contributed by atoms with Gasteiger partial charge in [0.25, 0.3) is 0 Å². The number of hydrogen-bond acceptors (Lipinski definition) is 4. The summed E-state index contributed by atoms with van der Waals surface area (Å²) in [6, 6.07) is 0. The summed E-state index contributed by atoms with van der Waals surface area (Å²) in [4.78, 5) is 22.4. The molecule has 0 spiro atoms. The maximum Gasteiger partial charge on any atom is 0.385 e. The van der Waals surface area contributed by atoms with E-state index in [1.54, 1.807) is 6.92 Å². The van der Waals surface area contributed by atoms with E-state index in [0.29, 0.717) is 6.42 Å². The van der Waals surface area contributed by atoms with Gasteiger partial charge >= 0.3 is 11.5 Å². The zero-order valence-electron chi connectivity index (χ0n) is 9.91. The van der Waals surface area contributed by atoms with Crippen LogP contribution in [0.4, 0.5) is 0 Å². The van der Waals surface area contributed by atoms with Crippen LogP contribution in [0.5, 0.6) is 0 Å². The Balaban J connectivity index is 3.01. The van der Waals surface area contributed by atoms with E-state index in [1.165, 1.54) is 0 Å². The van der Waals surface area contributed by atoms with Gasteiger partial charge in [0.15, 0.2) is 0 Å². The molecule has 0 radical (unpaired) electrons. The molecule has 1 atom stereocenters. The van der Waals surface area contributed by atoms with Crippen LogP contribution < -0.4 is 0 Å². The van der Waals surface area contributed by atoms with Crippen molar-refractivity contribution in [2.45, 2.75) is 45.6 Å². The van der Waals surface area contributed by atoms with E-state index in [0.717, 1.165) is 11.1 Å². The second kappa shape index (κ2) is 4.63. The number of carbonyl (C=O) groups is 1. The molecule has 0 aromatic heterocycles. The van der Waals surface area contributed by atoms with Crippen LogP contribution in [0.15, 0.2) is 11.1 Å². The van der Waals surface area contributed by atoms with Crippen LogP contribution in [0.3, 0.4) is 0 Å². The molecule has 0 bridgehead atoms. The van der Waals surface area contributed by atoms with Crippen molar-refractivity contribution < 1.29 is 14.5 Å². The van der Waals surface area contributed by atoms with Crippen LogP contribution in [0.2, 0.25) is 0 Å². The highest BCUT2D eigenvalue weighted by molar-refractivity contribution is 5.80. The predicted octanol–water partition coefficient (Wildman–Crippen LogP) is 2.09. The first-order chi connectivity index (χ1) is 7.44. The molecule has 0 saturated heterocycles. The number of esters is 1. The van der Waals surface area contributed by atoms with Gasteiger partial charge in [-0.25, -0.2) is 4.79 Å². The molecular weight excluding hydrogens is 210 g/mol. The number of ether oxygens (including phenoxy) is 1. The molecule has 5 nitrogen and oxygen atoms in total. The predicted molar refractivity (Wildman–Crippen MR) is 58.6 cm³/mol. The van der Waals surface area contributed by atoms with Crippen LogP contribution in [-0.2, 0) is 9.53 Å². The number of allylic oxidation sites excluding steroid dienone is 1. The molecule has 1 rings (SSSR count). The number of carbonyl (C=O) groups excluding carboxylic acids is 1. The molecule has 0 saturated carbocycles. The van der Waals surface area contributed by atoms with Gasteiger partial charge in [-0.2, -0.15) is 0 Å². The van der Waals surface area contributed by atoms with Gasteiger partial charge in [-0.3, -0.25) is 10.1 Å². The topological polar surface area (TPSA) is 69.4 Å². The fraction of sp³-hybridized carbons (Fsp3) is 0.727. The molecule has 0 N–H and O–H groups in total. The standard InChI is InChI=1S/C11H17NO4/c1-4-16-10(13)11(12(14)15)6-5-8(2)9(3)7-11/h4-7H2,1-3H3. The minimum atomic E-state index is -1.56. The van der Waals surface area contributed by atoms with Gasteiger partial charge in [0.05, 0.1) is 13.0 Å². The number of hydrogen-bond donors (Lipinski definition) is 0. The molecular formula is C11H17NO4. The second-order valence-electron chi connectivity index (χ2n) is 4.25. The first-order valence-electron chi connectivity index (χ1n) is 5.41. The Morgan fingerprint density at radius 1 is 1.50 bits per heavy atom. The van der Waals surface area contributed by atoms with Crippen LogP contribution in [0, 0.1) is 10.1 Å². The monoisotopic (exact) mass is 227 g/mol. The molecule has 0 heterocycles. The fourth-order valence-electron chi connectivity index (χ4n) is 1.96. The van der Waals surface area contributed by atoms with E-state index in [9.17, 15) is 14.9 Å². The molecule has 16 heavy (non-hydrogen) atoms. The molecule has 1 aliphatic rings. The van der Waals surface area contributed by atoms with E-state index < -0.39 is 16.4 Å². The Morgan fingerprint density at radius 3 is 2.56 bits per heavy atom. The van der Waals surface area contributed by atoms with Gasteiger partial charge in [0.2, 0.25) is 0 Å². The van der Waals surface area contributed by atoms with Gasteiger partial charge in [-0.15, -0.1) is 0 Å². The van der Waals surface area contributed by atoms with E-state index >= 15 is 0 Å². The summed E-state index contributed by atoms with van der Waals surface area (Å²) in [5, 5.41) is 11.1. The minimum Gasteiger partial charge on any atom is -0.461 e. The summed E-state index contributed by atoms with van der Waals surface area (Å²) in [7, 11) is 0. The summed E-state index contributed by atoms with van der Waals surface area (Å²) in [6.45, 7) is 5.62. The van der Waals surface area contributed by atoms with Crippen molar-refractivity contribution in [3.63, 3.8) is 0 Å². The zero-order chi connectivity index (χ0) is 12.3. The van der Waals surface area contributed by atoms with E-state index in [-0.39, 0.29) is 19.4 Å². The molecule has 0 aromatic carbocycles. The summed E-state index contributed by atoms with van der Waals surface area (Å²) >= 11 is 0. The summed E-state index contributed by atoms with van der Waals surface area (Å²) < 4.78 is 4.83. The summed E-state index contributed by atoms with van der Waals surface area (Å²) in [5.74, 6) is -0.702. The normalized spacial score (nSPS) is 25.4. The Labute approximate surface area is 94.6 Å². The third-order valence-corrected chi connectivity index (χ3v) is 3.20. The van der Waals surface area contributed by atoms with Crippen molar-refractivity contribution in [1.29, 1.82) is 0 Å². The first kappa shape index (κ1) is 12.7. The van der Waals surface area contributed by atoms with Crippen molar-refractivity contribution in [3.05, 3.63) is 21.3 Å². The molecule has 1 aliphatic carbocycles. The van der Waals surface area contributed by atoms with Crippen molar-refractivity contribution in [2.75, 3.05) is 6.61 Å². The fourth-order valence-corrected chi connectivity index (χ4v) is 1.96. The van der Waals surface area contributed by atoms with Gasteiger partial charge in [0, 0.05) is 11.3 Å². The number of nitrogens with zero attached hydrogens (tertiary/aromatic N) is 1. The molecule has 0 aromatic rings. The maximum atomic E-state index is 11.7. The average molecular weight is 227 g/mol. The second-order valence-corrected chi connectivity index (χ2v) is 4.25. The van der Waals surface area contributed by atoms with Crippen LogP contribution in [-0.4, -0.2) is 23.0 Å². The Bertz CT molecular complexity index is 348. The first-order valence-corrected chi connectivity index (χ1v) is 5.41. The largest absolute Gasteiger partial charge is 0.461 e. The number of rotatable bonds is 3. The Morgan fingerprint density at radius 2 is 2.12 bits per heavy atom. The molecule has 0 fully saturated rings. The van der Waals surface area contributed by atoms with Crippen LogP contribution in [0.1, 0.15) is 40.0 Å². The van der Waals surface area contributed by atoms with Crippen molar-refractivity contribution in [2.24, 2.45) is 0 Å². The van der Waals surface area contributed by atoms with Gasteiger partial charge in [-0.1, -0.05) is 11.1 Å². The van der Waals surface area contributed by atoms with Gasteiger partial charge in [0.1, 0.15) is 0 Å². The SMILES string of the molecule is CCOC(=O)C1([N+](=O)[O-])CCC(C)=C(C)C1. The number of nitro groups is 1. The van der Waals surface area contributed by atoms with Crippen molar-refractivity contribution in [3.8, 4) is 0 Å². The molecule has 0 aliphatic heterocycles. The molecule has 1 unspecified atom stereocenters. The highest BCUT2D eigenvalue weighted by Crippen LogP contribution is 2.35. The lowest BCUT2D eigenvalue weighted by Gasteiger charge is -2.28. The van der Waals surface area contributed by atoms with E-state index in [4.69, 9.17) is 4.74 Å². The van der Waals surface area contributed by atoms with Gasteiger partial charge < -0.3 is 4.74 Å². The lowest BCUT2D eigenvalue weighted by atomic mass is 9.79. The average Bonchev–Trinajstić information content (AvgIpc) is 2.22. The Hall–Kier alpha value is -1.39. The summed E-state index contributed by atoms with van der Waals surface area (Å²) in [6.07, 6.45) is 0.998. The van der Waals surface area contributed by atoms with Crippen LogP contribution >= 0.6 is 0 Å². The van der Waals surface area contributed by atoms with Gasteiger partial charge in [-0.05, 0) is 27.2 Å². The lowest BCUT2D eigenvalue weighted by molar-refractivity contribution is -0.557. The molecule has 0 amide bonds. The van der Waals surface area contributed by atoms with E-state index in [1.807, 2.05) is 13.8 Å². The van der Waals surface area contributed by atoms with Crippen molar-refractivity contribution >= 4 is 5.97 Å². The molecule has 90 valence electrons.